The van der Waals surface area contributed by atoms with Gasteiger partial charge in [-0.3, -0.25) is 0 Å². The second kappa shape index (κ2) is 4.47. The summed E-state index contributed by atoms with van der Waals surface area (Å²) >= 11 is 3.30. The maximum absolute atomic E-state index is 11.3. The van der Waals surface area contributed by atoms with E-state index in [0.717, 1.165) is 5.57 Å². The second-order valence-corrected chi connectivity index (χ2v) is 4.65. The van der Waals surface area contributed by atoms with Crippen molar-refractivity contribution in [3.63, 3.8) is 0 Å². The molecule has 1 heterocycles. The van der Waals surface area contributed by atoms with E-state index in [0.29, 0.717) is 11.2 Å². The van der Waals surface area contributed by atoms with Crippen LogP contribution in [0.1, 0.15) is 32.1 Å². The number of hydrogen-bond acceptors (Lipinski definition) is 2. The van der Waals surface area contributed by atoms with Gasteiger partial charge in [0, 0.05) is 10.9 Å². The van der Waals surface area contributed by atoms with E-state index >= 15 is 0 Å². The van der Waals surface area contributed by atoms with E-state index in [-0.39, 0.29) is 12.1 Å². The summed E-state index contributed by atoms with van der Waals surface area (Å²) in [7, 11) is 0. The number of rotatable bonds is 2. The Labute approximate surface area is 92.8 Å². The third kappa shape index (κ3) is 2.02. The van der Waals surface area contributed by atoms with Gasteiger partial charge in [-0.25, -0.2) is 4.79 Å². The van der Waals surface area contributed by atoms with Gasteiger partial charge in [0.05, 0.1) is 0 Å². The molecule has 0 radical (unpaired) electrons. The van der Waals surface area contributed by atoms with Crippen LogP contribution < -0.4 is 0 Å². The summed E-state index contributed by atoms with van der Waals surface area (Å²) < 4.78 is 5.34. The lowest BCUT2D eigenvalue weighted by Crippen LogP contribution is -2.22. The monoisotopic (exact) mass is 258 g/mol. The van der Waals surface area contributed by atoms with Crippen LogP contribution in [0.4, 0.5) is 0 Å². The Kier molecular flexibility index (Phi) is 3.26. The molecule has 1 saturated carbocycles. The standard InChI is InChI=1S/C11H15BrO2/c12-7-9-6-10(14-11(9)13)8-4-2-1-3-5-8/h6,8,10H,1-5,7H2/t10-/m1/s1. The summed E-state index contributed by atoms with van der Waals surface area (Å²) in [5, 5.41) is 0.620. The van der Waals surface area contributed by atoms with Crippen molar-refractivity contribution in [2.45, 2.75) is 38.2 Å². The zero-order valence-corrected chi connectivity index (χ0v) is 9.76. The third-order valence-electron chi connectivity index (χ3n) is 3.13. The topological polar surface area (TPSA) is 26.3 Å². The summed E-state index contributed by atoms with van der Waals surface area (Å²) in [4.78, 5) is 11.3. The number of ether oxygens (including phenoxy) is 1. The molecule has 2 aliphatic rings. The highest BCUT2D eigenvalue weighted by Crippen LogP contribution is 2.32. The van der Waals surface area contributed by atoms with Gasteiger partial charge in [-0.05, 0) is 24.8 Å². The van der Waals surface area contributed by atoms with Crippen molar-refractivity contribution in [1.82, 2.24) is 0 Å². The first-order valence-electron chi connectivity index (χ1n) is 5.29. The molecule has 0 amide bonds. The molecule has 0 unspecified atom stereocenters. The second-order valence-electron chi connectivity index (χ2n) is 4.09. The molecule has 2 nitrogen and oxygen atoms in total. The van der Waals surface area contributed by atoms with E-state index in [1.807, 2.05) is 6.08 Å². The summed E-state index contributed by atoms with van der Waals surface area (Å²) in [5.41, 5.74) is 0.792. The minimum absolute atomic E-state index is 0.0651. The Morgan fingerprint density at radius 1 is 1.36 bits per heavy atom. The molecule has 0 saturated heterocycles. The molecule has 1 aliphatic heterocycles. The van der Waals surface area contributed by atoms with E-state index in [4.69, 9.17) is 4.74 Å². The third-order valence-corrected chi connectivity index (χ3v) is 3.73. The molecular weight excluding hydrogens is 244 g/mol. The van der Waals surface area contributed by atoms with Crippen LogP contribution in [0.5, 0.6) is 0 Å². The largest absolute Gasteiger partial charge is 0.454 e. The summed E-state index contributed by atoms with van der Waals surface area (Å²) in [6, 6.07) is 0. The van der Waals surface area contributed by atoms with Gasteiger partial charge in [0.2, 0.25) is 0 Å². The first-order valence-corrected chi connectivity index (χ1v) is 6.41. The number of cyclic esters (lactones) is 1. The van der Waals surface area contributed by atoms with Gasteiger partial charge in [-0.2, -0.15) is 0 Å². The van der Waals surface area contributed by atoms with Crippen molar-refractivity contribution in [2.24, 2.45) is 5.92 Å². The van der Waals surface area contributed by atoms with E-state index in [9.17, 15) is 4.79 Å². The van der Waals surface area contributed by atoms with Crippen molar-refractivity contribution in [3.8, 4) is 0 Å². The van der Waals surface area contributed by atoms with Gasteiger partial charge in [0.1, 0.15) is 6.10 Å². The SMILES string of the molecule is O=C1O[C@@H](C2CCCCC2)C=C1CBr. The quantitative estimate of drug-likeness (QED) is 0.563. The highest BCUT2D eigenvalue weighted by Gasteiger charge is 2.31. The van der Waals surface area contributed by atoms with Crippen molar-refractivity contribution in [3.05, 3.63) is 11.6 Å². The van der Waals surface area contributed by atoms with Gasteiger partial charge in [0.15, 0.2) is 0 Å². The molecule has 2 rings (SSSR count). The van der Waals surface area contributed by atoms with Crippen molar-refractivity contribution < 1.29 is 9.53 Å². The van der Waals surface area contributed by atoms with E-state index in [1.54, 1.807) is 0 Å². The molecule has 0 bridgehead atoms. The molecular formula is C11H15BrO2. The molecule has 14 heavy (non-hydrogen) atoms. The maximum Gasteiger partial charge on any atom is 0.335 e. The fraction of sp³-hybridized carbons (Fsp3) is 0.727. The summed E-state index contributed by atoms with van der Waals surface area (Å²) in [5.74, 6) is 0.446. The van der Waals surface area contributed by atoms with Gasteiger partial charge in [0.25, 0.3) is 0 Å². The van der Waals surface area contributed by atoms with Gasteiger partial charge in [-0.15, -0.1) is 0 Å². The van der Waals surface area contributed by atoms with Crippen molar-refractivity contribution >= 4 is 21.9 Å². The van der Waals surface area contributed by atoms with Gasteiger partial charge < -0.3 is 4.74 Å². The van der Waals surface area contributed by atoms with E-state index in [2.05, 4.69) is 15.9 Å². The Morgan fingerprint density at radius 3 is 2.64 bits per heavy atom. The molecule has 1 fully saturated rings. The van der Waals surface area contributed by atoms with E-state index < -0.39 is 0 Å². The van der Waals surface area contributed by atoms with Crippen LogP contribution in [0.25, 0.3) is 0 Å². The molecule has 3 heteroatoms. The molecule has 0 aromatic carbocycles. The lowest BCUT2D eigenvalue weighted by atomic mass is 9.85. The van der Waals surface area contributed by atoms with Crippen LogP contribution in [0.2, 0.25) is 0 Å². The number of carbonyl (C=O) groups excluding carboxylic acids is 1. The maximum atomic E-state index is 11.3. The molecule has 0 aromatic heterocycles. The number of carbonyl (C=O) groups is 1. The van der Waals surface area contributed by atoms with Crippen molar-refractivity contribution in [1.29, 1.82) is 0 Å². The number of esters is 1. The normalized spacial score (nSPS) is 28.8. The van der Waals surface area contributed by atoms with Crippen LogP contribution in [-0.4, -0.2) is 17.4 Å². The zero-order valence-electron chi connectivity index (χ0n) is 8.17. The molecule has 78 valence electrons. The van der Waals surface area contributed by atoms with Crippen molar-refractivity contribution in [2.75, 3.05) is 5.33 Å². The molecule has 1 atom stereocenters. The Bertz CT molecular complexity index is 254. The first-order chi connectivity index (χ1) is 6.81. The highest BCUT2D eigenvalue weighted by atomic mass is 79.9. The molecule has 0 N–H and O–H groups in total. The smallest absolute Gasteiger partial charge is 0.335 e. The molecule has 0 aromatic rings. The number of halogens is 1. The Morgan fingerprint density at radius 2 is 2.07 bits per heavy atom. The lowest BCUT2D eigenvalue weighted by Gasteiger charge is -2.25. The predicted octanol–water partition coefficient (Wildman–Crippen LogP) is 2.81. The van der Waals surface area contributed by atoms with Gasteiger partial charge >= 0.3 is 5.97 Å². The number of alkyl halides is 1. The fourth-order valence-corrected chi connectivity index (χ4v) is 2.71. The fourth-order valence-electron chi connectivity index (χ4n) is 2.29. The van der Waals surface area contributed by atoms with E-state index in [1.165, 1.54) is 32.1 Å². The Hall–Kier alpha value is -0.310. The van der Waals surface area contributed by atoms with Crippen LogP contribution in [0, 0.1) is 5.92 Å². The first kappa shape index (κ1) is 10.2. The van der Waals surface area contributed by atoms with Gasteiger partial charge in [-0.1, -0.05) is 35.2 Å². The minimum Gasteiger partial charge on any atom is -0.454 e. The summed E-state index contributed by atoms with van der Waals surface area (Å²) in [6.07, 6.45) is 8.41. The van der Waals surface area contributed by atoms with Crippen LogP contribution in [0.3, 0.4) is 0 Å². The summed E-state index contributed by atoms with van der Waals surface area (Å²) in [6.45, 7) is 0. The molecule has 1 aliphatic carbocycles. The Balaban J connectivity index is 1.99. The average molecular weight is 259 g/mol. The van der Waals surface area contributed by atoms with Crippen LogP contribution in [0.15, 0.2) is 11.6 Å². The number of hydrogen-bond donors (Lipinski definition) is 0. The van der Waals surface area contributed by atoms with Crippen LogP contribution in [-0.2, 0) is 9.53 Å². The highest BCUT2D eigenvalue weighted by molar-refractivity contribution is 9.09. The average Bonchev–Trinajstić information content (AvgIpc) is 2.61. The predicted molar refractivity (Wildman–Crippen MR) is 58.3 cm³/mol. The van der Waals surface area contributed by atoms with Crippen LogP contribution >= 0.6 is 15.9 Å². The minimum atomic E-state index is -0.127. The molecule has 0 spiro atoms. The lowest BCUT2D eigenvalue weighted by molar-refractivity contribution is -0.141. The zero-order chi connectivity index (χ0) is 9.97.